The van der Waals surface area contributed by atoms with Crippen LogP contribution in [0, 0.1) is 0 Å². The number of nitrogens with zero attached hydrogens (tertiary/aromatic N) is 1. The second-order valence-corrected chi connectivity index (χ2v) is 6.41. The number of amides is 1. The van der Waals surface area contributed by atoms with Crippen molar-refractivity contribution in [3.63, 3.8) is 0 Å². The Kier molecular flexibility index (Phi) is 4.44. The first-order valence-corrected chi connectivity index (χ1v) is 8.11. The van der Waals surface area contributed by atoms with E-state index < -0.39 is 10.0 Å². The van der Waals surface area contributed by atoms with E-state index in [9.17, 15) is 13.2 Å². The van der Waals surface area contributed by atoms with Crippen LogP contribution in [0.4, 0.5) is 11.4 Å². The second kappa shape index (κ2) is 6.11. The summed E-state index contributed by atoms with van der Waals surface area (Å²) in [5.41, 5.74) is 1.18. The molecule has 2 aromatic rings. The highest BCUT2D eigenvalue weighted by Gasteiger charge is 2.08. The Labute approximate surface area is 127 Å². The molecule has 0 fully saturated rings. The van der Waals surface area contributed by atoms with E-state index in [1.54, 1.807) is 18.2 Å². The number of carbonyl (C=O) groups is 1. The van der Waals surface area contributed by atoms with Crippen LogP contribution in [0.1, 0.15) is 10.4 Å². The summed E-state index contributed by atoms with van der Waals surface area (Å²) in [6.45, 7) is 0. The zero-order valence-electron chi connectivity index (χ0n) is 11.0. The zero-order valence-corrected chi connectivity index (χ0v) is 12.6. The van der Waals surface area contributed by atoms with Crippen LogP contribution in [0.5, 0.6) is 0 Å². The van der Waals surface area contributed by atoms with Crippen LogP contribution in [-0.4, -0.2) is 25.6 Å². The molecule has 0 saturated carbocycles. The van der Waals surface area contributed by atoms with Crippen molar-refractivity contribution in [2.24, 2.45) is 0 Å². The Hall–Kier alpha value is -2.12. The van der Waals surface area contributed by atoms with Gasteiger partial charge in [-0.25, -0.2) is 13.4 Å². The minimum absolute atomic E-state index is 0.218. The number of sulfonamides is 1. The summed E-state index contributed by atoms with van der Waals surface area (Å²) in [4.78, 5) is 15.8. The monoisotopic (exact) mass is 325 g/mol. The van der Waals surface area contributed by atoms with Crippen LogP contribution in [0.2, 0.25) is 5.15 Å². The van der Waals surface area contributed by atoms with E-state index in [-0.39, 0.29) is 11.1 Å². The number of carbonyl (C=O) groups excluding carboxylic acids is 1. The molecular formula is C13H12ClN3O3S. The number of halogens is 1. The van der Waals surface area contributed by atoms with Crippen LogP contribution >= 0.6 is 11.6 Å². The van der Waals surface area contributed by atoms with E-state index in [1.165, 1.54) is 24.4 Å². The quantitative estimate of drug-likeness (QED) is 0.845. The minimum Gasteiger partial charge on any atom is -0.322 e. The SMILES string of the molecule is CS(=O)(=O)Nc1cccc(NC(=O)c2ccnc(Cl)c2)c1. The van der Waals surface area contributed by atoms with Gasteiger partial charge in [0.25, 0.3) is 5.91 Å². The van der Waals surface area contributed by atoms with Crippen molar-refractivity contribution in [1.82, 2.24) is 4.98 Å². The summed E-state index contributed by atoms with van der Waals surface area (Å²) in [6.07, 6.45) is 2.48. The lowest BCUT2D eigenvalue weighted by Crippen LogP contribution is -2.13. The standard InChI is InChI=1S/C13H12ClN3O3S/c1-21(19,20)17-11-4-2-3-10(8-11)16-13(18)9-5-6-15-12(14)7-9/h2-8,17H,1H3,(H,16,18). The Morgan fingerprint density at radius 1 is 1.19 bits per heavy atom. The fraction of sp³-hybridized carbons (Fsp3) is 0.0769. The highest BCUT2D eigenvalue weighted by atomic mass is 35.5. The van der Waals surface area contributed by atoms with Crippen molar-refractivity contribution in [3.8, 4) is 0 Å². The number of nitrogens with one attached hydrogen (secondary N) is 2. The van der Waals surface area contributed by atoms with Gasteiger partial charge in [0.05, 0.1) is 11.9 Å². The molecule has 1 heterocycles. The smallest absolute Gasteiger partial charge is 0.255 e. The van der Waals surface area contributed by atoms with Gasteiger partial charge in [0.1, 0.15) is 5.15 Å². The number of pyridine rings is 1. The summed E-state index contributed by atoms with van der Waals surface area (Å²) < 4.78 is 24.7. The molecule has 2 N–H and O–H groups in total. The highest BCUT2D eigenvalue weighted by molar-refractivity contribution is 7.92. The Balaban J connectivity index is 2.16. The summed E-state index contributed by atoms with van der Waals surface area (Å²) in [5.74, 6) is -0.365. The Bertz CT molecular complexity index is 778. The first kappa shape index (κ1) is 15.3. The molecule has 1 aromatic heterocycles. The van der Waals surface area contributed by atoms with Crippen molar-refractivity contribution in [2.45, 2.75) is 0 Å². The van der Waals surface area contributed by atoms with Gasteiger partial charge in [-0.15, -0.1) is 0 Å². The molecule has 0 spiro atoms. The molecule has 0 radical (unpaired) electrons. The Morgan fingerprint density at radius 3 is 2.57 bits per heavy atom. The van der Waals surface area contributed by atoms with Gasteiger partial charge in [0.2, 0.25) is 10.0 Å². The van der Waals surface area contributed by atoms with Crippen molar-refractivity contribution >= 4 is 38.9 Å². The molecule has 2 rings (SSSR count). The molecule has 21 heavy (non-hydrogen) atoms. The largest absolute Gasteiger partial charge is 0.322 e. The predicted molar refractivity (Wildman–Crippen MR) is 82.1 cm³/mol. The number of anilines is 2. The van der Waals surface area contributed by atoms with Crippen LogP contribution in [0.3, 0.4) is 0 Å². The maximum absolute atomic E-state index is 12.0. The fourth-order valence-corrected chi connectivity index (χ4v) is 2.35. The van der Waals surface area contributed by atoms with Gasteiger partial charge in [0.15, 0.2) is 0 Å². The summed E-state index contributed by atoms with van der Waals surface area (Å²) in [6, 6.07) is 9.34. The van der Waals surface area contributed by atoms with Crippen LogP contribution < -0.4 is 10.0 Å². The molecule has 0 atom stereocenters. The van der Waals surface area contributed by atoms with E-state index in [0.717, 1.165) is 6.26 Å². The van der Waals surface area contributed by atoms with Gasteiger partial charge in [-0.05, 0) is 30.3 Å². The van der Waals surface area contributed by atoms with Crippen molar-refractivity contribution in [1.29, 1.82) is 0 Å². The van der Waals surface area contributed by atoms with E-state index in [1.807, 2.05) is 0 Å². The molecule has 0 aliphatic carbocycles. The molecule has 0 saturated heterocycles. The average molecular weight is 326 g/mol. The van der Waals surface area contributed by atoms with E-state index in [2.05, 4.69) is 15.0 Å². The molecule has 110 valence electrons. The zero-order chi connectivity index (χ0) is 15.5. The number of hydrogen-bond donors (Lipinski definition) is 2. The molecule has 1 aromatic carbocycles. The molecule has 6 nitrogen and oxygen atoms in total. The summed E-state index contributed by atoms with van der Waals surface area (Å²) in [7, 11) is -3.37. The first-order chi connectivity index (χ1) is 9.83. The number of benzene rings is 1. The second-order valence-electron chi connectivity index (χ2n) is 4.28. The lowest BCUT2D eigenvalue weighted by atomic mass is 10.2. The van der Waals surface area contributed by atoms with Crippen LogP contribution in [0.15, 0.2) is 42.6 Å². The summed E-state index contributed by atoms with van der Waals surface area (Å²) in [5, 5.41) is 2.87. The third-order valence-electron chi connectivity index (χ3n) is 2.41. The van der Waals surface area contributed by atoms with Crippen LogP contribution in [0.25, 0.3) is 0 Å². The molecule has 8 heteroatoms. The van der Waals surface area contributed by atoms with E-state index in [0.29, 0.717) is 16.9 Å². The molecule has 1 amide bonds. The third kappa shape index (κ3) is 4.73. The molecule has 0 unspecified atom stereocenters. The number of aromatic nitrogens is 1. The van der Waals surface area contributed by atoms with Gasteiger partial charge < -0.3 is 5.32 Å². The normalized spacial score (nSPS) is 11.0. The topological polar surface area (TPSA) is 88.2 Å². The average Bonchev–Trinajstić information content (AvgIpc) is 2.37. The van der Waals surface area contributed by atoms with Gasteiger partial charge in [-0.2, -0.15) is 0 Å². The molecular weight excluding hydrogens is 314 g/mol. The lowest BCUT2D eigenvalue weighted by molar-refractivity contribution is 0.102. The predicted octanol–water partition coefficient (Wildman–Crippen LogP) is 2.36. The third-order valence-corrected chi connectivity index (χ3v) is 3.23. The van der Waals surface area contributed by atoms with Crippen molar-refractivity contribution in [3.05, 3.63) is 53.3 Å². The lowest BCUT2D eigenvalue weighted by Gasteiger charge is -2.08. The molecule has 0 aliphatic heterocycles. The van der Waals surface area contributed by atoms with Crippen molar-refractivity contribution in [2.75, 3.05) is 16.3 Å². The van der Waals surface area contributed by atoms with E-state index >= 15 is 0 Å². The fourth-order valence-electron chi connectivity index (χ4n) is 1.62. The minimum atomic E-state index is -3.37. The number of rotatable bonds is 4. The van der Waals surface area contributed by atoms with Crippen LogP contribution in [-0.2, 0) is 10.0 Å². The maximum Gasteiger partial charge on any atom is 0.255 e. The molecule has 0 bridgehead atoms. The summed E-state index contributed by atoms with van der Waals surface area (Å²) >= 11 is 5.72. The van der Waals surface area contributed by atoms with E-state index in [4.69, 9.17) is 11.6 Å². The van der Waals surface area contributed by atoms with Gasteiger partial charge in [-0.1, -0.05) is 17.7 Å². The molecule has 0 aliphatic rings. The number of hydrogen-bond acceptors (Lipinski definition) is 4. The van der Waals surface area contributed by atoms with Gasteiger partial charge in [-0.3, -0.25) is 9.52 Å². The van der Waals surface area contributed by atoms with Gasteiger partial charge in [0, 0.05) is 17.4 Å². The van der Waals surface area contributed by atoms with Gasteiger partial charge >= 0.3 is 0 Å². The maximum atomic E-state index is 12.0. The highest BCUT2D eigenvalue weighted by Crippen LogP contribution is 2.17. The van der Waals surface area contributed by atoms with Crippen molar-refractivity contribution < 1.29 is 13.2 Å². The Morgan fingerprint density at radius 2 is 1.90 bits per heavy atom. The first-order valence-electron chi connectivity index (χ1n) is 5.84.